The molecular formula is C11H21N5O2S. The van der Waals surface area contributed by atoms with Gasteiger partial charge in [0.25, 0.3) is 0 Å². The number of nitrogens with one attached hydrogen (secondary N) is 1. The zero-order chi connectivity index (χ0) is 13.3. The lowest BCUT2D eigenvalue weighted by Crippen LogP contribution is -2.22. The normalized spacial score (nSPS) is 15.0. The summed E-state index contributed by atoms with van der Waals surface area (Å²) in [5.74, 6) is 0.847. The Morgan fingerprint density at radius 2 is 2.26 bits per heavy atom. The summed E-state index contributed by atoms with van der Waals surface area (Å²) in [6, 6.07) is 0.724. The Labute approximate surface area is 117 Å². The highest BCUT2D eigenvalue weighted by Crippen LogP contribution is 2.18. The molecule has 0 radical (unpaired) electrons. The van der Waals surface area contributed by atoms with Gasteiger partial charge in [-0.25, -0.2) is 4.68 Å². The molecule has 19 heavy (non-hydrogen) atoms. The average molecular weight is 287 g/mol. The van der Waals surface area contributed by atoms with E-state index in [1.807, 2.05) is 4.68 Å². The molecule has 0 atom stereocenters. The van der Waals surface area contributed by atoms with Crippen LogP contribution < -0.4 is 5.32 Å². The lowest BCUT2D eigenvalue weighted by Gasteiger charge is -2.05. The number of methoxy groups -OCH3 is 1. The van der Waals surface area contributed by atoms with Crippen molar-refractivity contribution in [2.45, 2.75) is 30.6 Å². The number of aromatic nitrogens is 4. The lowest BCUT2D eigenvalue weighted by atomic mass is 10.6. The van der Waals surface area contributed by atoms with Crippen molar-refractivity contribution in [3.8, 4) is 0 Å². The summed E-state index contributed by atoms with van der Waals surface area (Å²) in [6.07, 6.45) is 2.60. The quantitative estimate of drug-likeness (QED) is 0.459. The zero-order valence-corrected chi connectivity index (χ0v) is 12.1. The van der Waals surface area contributed by atoms with Gasteiger partial charge in [-0.2, -0.15) is 0 Å². The zero-order valence-electron chi connectivity index (χ0n) is 11.2. The fourth-order valence-electron chi connectivity index (χ4n) is 1.54. The second kappa shape index (κ2) is 8.47. The fraction of sp³-hybridized carbons (Fsp3) is 0.909. The molecule has 2 rings (SSSR count). The lowest BCUT2D eigenvalue weighted by molar-refractivity contribution is 0.0790. The van der Waals surface area contributed by atoms with Crippen LogP contribution in [0, 0.1) is 0 Å². The van der Waals surface area contributed by atoms with Gasteiger partial charge in [0.1, 0.15) is 0 Å². The maximum absolute atomic E-state index is 5.40. The van der Waals surface area contributed by atoms with Crippen molar-refractivity contribution in [1.82, 2.24) is 25.5 Å². The fourth-order valence-corrected chi connectivity index (χ4v) is 2.29. The molecule has 0 aliphatic heterocycles. The van der Waals surface area contributed by atoms with Crippen LogP contribution in [0.2, 0.25) is 0 Å². The first kappa shape index (κ1) is 14.7. The van der Waals surface area contributed by atoms with E-state index < -0.39 is 0 Å². The molecule has 8 heteroatoms. The minimum absolute atomic E-state index is 0.632. The topological polar surface area (TPSA) is 74.1 Å². The summed E-state index contributed by atoms with van der Waals surface area (Å²) in [6.45, 7) is 3.69. The maximum Gasteiger partial charge on any atom is 0.209 e. The SMILES string of the molecule is COCCOCCSc1nnnn1CCNC1CC1. The number of tetrazole rings is 1. The maximum atomic E-state index is 5.40. The largest absolute Gasteiger partial charge is 0.382 e. The summed E-state index contributed by atoms with van der Waals surface area (Å²) in [5.41, 5.74) is 0. The van der Waals surface area contributed by atoms with Crippen molar-refractivity contribution in [1.29, 1.82) is 0 Å². The first-order valence-electron chi connectivity index (χ1n) is 6.59. The monoisotopic (exact) mass is 287 g/mol. The van der Waals surface area contributed by atoms with Crippen LogP contribution in [0.5, 0.6) is 0 Å². The highest BCUT2D eigenvalue weighted by Gasteiger charge is 2.19. The van der Waals surface area contributed by atoms with Crippen LogP contribution in [0.3, 0.4) is 0 Å². The van der Waals surface area contributed by atoms with Crippen molar-refractivity contribution < 1.29 is 9.47 Å². The predicted octanol–water partition coefficient (Wildman–Crippen LogP) is 0.180. The van der Waals surface area contributed by atoms with E-state index in [2.05, 4.69) is 20.8 Å². The molecule has 1 saturated carbocycles. The standard InChI is InChI=1S/C11H21N5O2S/c1-17-6-7-18-8-9-19-11-13-14-15-16(11)5-4-12-10-2-3-10/h10,12H,2-9H2,1H3. The van der Waals surface area contributed by atoms with Gasteiger partial charge in [0.2, 0.25) is 5.16 Å². The van der Waals surface area contributed by atoms with Gasteiger partial charge in [0.05, 0.1) is 26.4 Å². The molecule has 1 aromatic rings. The molecule has 1 heterocycles. The van der Waals surface area contributed by atoms with Crippen molar-refractivity contribution in [3.63, 3.8) is 0 Å². The Morgan fingerprint density at radius 1 is 1.37 bits per heavy atom. The first-order chi connectivity index (χ1) is 9.40. The third kappa shape index (κ3) is 5.85. The number of nitrogens with zero attached hydrogens (tertiary/aromatic N) is 4. The molecule has 1 N–H and O–H groups in total. The van der Waals surface area contributed by atoms with E-state index in [4.69, 9.17) is 9.47 Å². The molecule has 0 amide bonds. The predicted molar refractivity (Wildman–Crippen MR) is 72.3 cm³/mol. The molecule has 108 valence electrons. The van der Waals surface area contributed by atoms with Crippen LogP contribution in [0.25, 0.3) is 0 Å². The third-order valence-corrected chi connectivity index (χ3v) is 3.65. The number of hydrogen-bond donors (Lipinski definition) is 1. The summed E-state index contributed by atoms with van der Waals surface area (Å²) in [7, 11) is 1.67. The van der Waals surface area contributed by atoms with E-state index in [0.29, 0.717) is 19.8 Å². The Bertz CT molecular complexity index is 359. The second-order valence-electron chi connectivity index (χ2n) is 4.37. The van der Waals surface area contributed by atoms with Gasteiger partial charge >= 0.3 is 0 Å². The second-order valence-corrected chi connectivity index (χ2v) is 5.43. The van der Waals surface area contributed by atoms with E-state index in [9.17, 15) is 0 Å². The van der Waals surface area contributed by atoms with E-state index in [-0.39, 0.29) is 0 Å². The van der Waals surface area contributed by atoms with Gasteiger partial charge in [-0.15, -0.1) is 5.10 Å². The number of ether oxygens (including phenoxy) is 2. The van der Waals surface area contributed by atoms with Crippen LogP contribution in [0.1, 0.15) is 12.8 Å². The van der Waals surface area contributed by atoms with Gasteiger partial charge in [-0.1, -0.05) is 11.8 Å². The Hall–Kier alpha value is -0.700. The molecule has 0 saturated heterocycles. The van der Waals surface area contributed by atoms with Gasteiger partial charge in [-0.3, -0.25) is 0 Å². The number of rotatable bonds is 11. The molecule has 0 bridgehead atoms. The summed E-state index contributed by atoms with van der Waals surface area (Å²) >= 11 is 1.62. The molecule has 1 aliphatic carbocycles. The minimum atomic E-state index is 0.632. The van der Waals surface area contributed by atoms with Gasteiger partial charge in [0.15, 0.2) is 0 Å². The average Bonchev–Trinajstić information content (AvgIpc) is 3.13. The first-order valence-corrected chi connectivity index (χ1v) is 7.57. The van der Waals surface area contributed by atoms with E-state index >= 15 is 0 Å². The highest BCUT2D eigenvalue weighted by atomic mass is 32.2. The molecule has 0 unspecified atom stereocenters. The van der Waals surface area contributed by atoms with Gasteiger partial charge in [-0.05, 0) is 23.3 Å². The molecule has 7 nitrogen and oxygen atoms in total. The smallest absolute Gasteiger partial charge is 0.209 e. The molecule has 1 aromatic heterocycles. The van der Waals surface area contributed by atoms with Crippen molar-refractivity contribution in [2.24, 2.45) is 0 Å². The van der Waals surface area contributed by atoms with Crippen LogP contribution in [-0.4, -0.2) is 65.5 Å². The Kier molecular flexibility index (Phi) is 6.55. The summed E-state index contributed by atoms with van der Waals surface area (Å²) in [5, 5.41) is 16.0. The van der Waals surface area contributed by atoms with E-state index in [1.54, 1.807) is 18.9 Å². The van der Waals surface area contributed by atoms with E-state index in [0.717, 1.165) is 30.0 Å². The van der Waals surface area contributed by atoms with Gasteiger partial charge < -0.3 is 14.8 Å². The van der Waals surface area contributed by atoms with E-state index in [1.165, 1.54) is 12.8 Å². The third-order valence-electron chi connectivity index (χ3n) is 2.72. The van der Waals surface area contributed by atoms with Crippen LogP contribution in [0.15, 0.2) is 5.16 Å². The van der Waals surface area contributed by atoms with Crippen molar-refractivity contribution >= 4 is 11.8 Å². The molecular weight excluding hydrogens is 266 g/mol. The van der Waals surface area contributed by atoms with Crippen molar-refractivity contribution in [2.75, 3.05) is 39.2 Å². The summed E-state index contributed by atoms with van der Waals surface area (Å²) < 4.78 is 12.1. The molecule has 0 aromatic carbocycles. The molecule has 0 spiro atoms. The Balaban J connectivity index is 1.58. The minimum Gasteiger partial charge on any atom is -0.382 e. The van der Waals surface area contributed by atoms with Gasteiger partial charge in [0, 0.05) is 25.4 Å². The summed E-state index contributed by atoms with van der Waals surface area (Å²) in [4.78, 5) is 0. The molecule has 1 fully saturated rings. The number of hydrogen-bond acceptors (Lipinski definition) is 7. The number of thioether (sulfide) groups is 1. The molecule has 1 aliphatic rings. The Morgan fingerprint density at radius 3 is 3.05 bits per heavy atom. The highest BCUT2D eigenvalue weighted by molar-refractivity contribution is 7.99. The van der Waals surface area contributed by atoms with Crippen LogP contribution in [-0.2, 0) is 16.0 Å². The van der Waals surface area contributed by atoms with Crippen LogP contribution in [0.4, 0.5) is 0 Å². The van der Waals surface area contributed by atoms with Crippen molar-refractivity contribution in [3.05, 3.63) is 0 Å². The van der Waals surface area contributed by atoms with Crippen LogP contribution >= 0.6 is 11.8 Å².